The van der Waals surface area contributed by atoms with Gasteiger partial charge in [0.25, 0.3) is 0 Å². The van der Waals surface area contributed by atoms with Gasteiger partial charge in [-0.05, 0) is 19.1 Å². The lowest BCUT2D eigenvalue weighted by molar-refractivity contribution is -0.142. The van der Waals surface area contributed by atoms with E-state index in [1.807, 2.05) is 22.9 Å². The number of anilines is 2. The highest BCUT2D eigenvalue weighted by molar-refractivity contribution is 7.16. The molecule has 3 rings (SSSR count). The second kappa shape index (κ2) is 7.30. The van der Waals surface area contributed by atoms with Gasteiger partial charge in [-0.1, -0.05) is 0 Å². The molecular formula is C15H14N4O2S2. The maximum Gasteiger partial charge on any atom is 0.311 e. The van der Waals surface area contributed by atoms with E-state index < -0.39 is 0 Å². The summed E-state index contributed by atoms with van der Waals surface area (Å²) < 4.78 is 4.91. The number of pyridine rings is 1. The predicted molar refractivity (Wildman–Crippen MR) is 91.1 cm³/mol. The number of carbonyl (C=O) groups excluding carboxylic acids is 1. The molecule has 0 unspecified atom stereocenters. The molecule has 0 aromatic carbocycles. The molecular weight excluding hydrogens is 332 g/mol. The quantitative estimate of drug-likeness (QED) is 0.688. The third-order valence-corrected chi connectivity index (χ3v) is 4.42. The summed E-state index contributed by atoms with van der Waals surface area (Å²) in [5.41, 5.74) is 2.54. The molecule has 0 spiro atoms. The number of ether oxygens (including phenoxy) is 1. The number of rotatable bonds is 6. The molecule has 0 bridgehead atoms. The van der Waals surface area contributed by atoms with Crippen molar-refractivity contribution < 1.29 is 9.53 Å². The largest absolute Gasteiger partial charge is 0.466 e. The summed E-state index contributed by atoms with van der Waals surface area (Å²) in [4.78, 5) is 24.4. The van der Waals surface area contributed by atoms with Gasteiger partial charge in [-0.2, -0.15) is 0 Å². The first-order valence-electron chi connectivity index (χ1n) is 6.97. The number of hydrogen-bond acceptors (Lipinski definition) is 8. The third kappa shape index (κ3) is 4.11. The van der Waals surface area contributed by atoms with E-state index in [2.05, 4.69) is 20.3 Å². The number of aromatic nitrogens is 3. The molecule has 6 nitrogen and oxygen atoms in total. The van der Waals surface area contributed by atoms with Crippen molar-refractivity contribution >= 4 is 38.9 Å². The molecule has 0 aliphatic rings. The summed E-state index contributed by atoms with van der Waals surface area (Å²) in [6, 6.07) is 3.84. The van der Waals surface area contributed by atoms with Gasteiger partial charge in [-0.3, -0.25) is 9.78 Å². The number of nitrogens with one attached hydrogen (secondary N) is 1. The Balaban J connectivity index is 1.65. The first-order valence-corrected chi connectivity index (χ1v) is 8.73. The fourth-order valence-electron chi connectivity index (χ4n) is 1.87. The van der Waals surface area contributed by atoms with Crippen LogP contribution in [0.1, 0.15) is 12.6 Å². The van der Waals surface area contributed by atoms with Crippen molar-refractivity contribution in [3.05, 3.63) is 41.0 Å². The first-order chi connectivity index (χ1) is 11.2. The lowest BCUT2D eigenvalue weighted by atomic mass is 10.2. The van der Waals surface area contributed by atoms with E-state index >= 15 is 0 Å². The Morgan fingerprint density at radius 1 is 1.26 bits per heavy atom. The van der Waals surface area contributed by atoms with E-state index in [-0.39, 0.29) is 12.4 Å². The maximum absolute atomic E-state index is 11.4. The Bertz CT molecular complexity index is 786. The van der Waals surface area contributed by atoms with Crippen molar-refractivity contribution in [1.29, 1.82) is 0 Å². The van der Waals surface area contributed by atoms with E-state index in [1.165, 1.54) is 22.7 Å². The van der Waals surface area contributed by atoms with Gasteiger partial charge in [0.1, 0.15) is 0 Å². The maximum atomic E-state index is 11.4. The summed E-state index contributed by atoms with van der Waals surface area (Å²) in [5.74, 6) is -0.266. The van der Waals surface area contributed by atoms with Crippen LogP contribution < -0.4 is 5.32 Å². The van der Waals surface area contributed by atoms with Crippen LogP contribution in [-0.2, 0) is 16.0 Å². The van der Waals surface area contributed by atoms with Crippen LogP contribution in [0.25, 0.3) is 11.3 Å². The predicted octanol–water partition coefficient (Wildman–Crippen LogP) is 3.51. The van der Waals surface area contributed by atoms with Crippen molar-refractivity contribution in [2.24, 2.45) is 0 Å². The number of thiazole rings is 2. The van der Waals surface area contributed by atoms with Gasteiger partial charge in [0, 0.05) is 28.7 Å². The standard InChI is InChI=1S/C15H14N4O2S2/c1-2-21-13(20)6-11-8-22-14(17-11)19-15-18-12(9-23-15)10-4-3-5-16-7-10/h3-5,7-9H,2,6H2,1H3,(H,17,18,19). The molecule has 118 valence electrons. The van der Waals surface area contributed by atoms with Gasteiger partial charge < -0.3 is 10.1 Å². The molecule has 0 atom stereocenters. The molecule has 1 N–H and O–H groups in total. The number of nitrogens with zero attached hydrogens (tertiary/aromatic N) is 3. The molecule has 3 aromatic rings. The zero-order valence-electron chi connectivity index (χ0n) is 12.4. The van der Waals surface area contributed by atoms with Crippen molar-refractivity contribution in [2.75, 3.05) is 11.9 Å². The smallest absolute Gasteiger partial charge is 0.311 e. The Labute approximate surface area is 141 Å². The Morgan fingerprint density at radius 3 is 2.87 bits per heavy atom. The molecule has 0 aliphatic heterocycles. The molecule has 0 saturated carbocycles. The second-order valence-electron chi connectivity index (χ2n) is 4.53. The van der Waals surface area contributed by atoms with Crippen LogP contribution in [0.15, 0.2) is 35.3 Å². The van der Waals surface area contributed by atoms with E-state index in [0.29, 0.717) is 17.4 Å². The highest BCUT2D eigenvalue weighted by Gasteiger charge is 2.10. The fraction of sp³-hybridized carbons (Fsp3) is 0.200. The molecule has 3 heterocycles. The third-order valence-electron chi connectivity index (χ3n) is 2.86. The normalized spacial score (nSPS) is 10.5. The van der Waals surface area contributed by atoms with E-state index in [9.17, 15) is 4.79 Å². The molecule has 0 radical (unpaired) electrons. The molecule has 0 aliphatic carbocycles. The fourth-order valence-corrected chi connectivity index (χ4v) is 3.37. The zero-order valence-corrected chi connectivity index (χ0v) is 14.0. The van der Waals surface area contributed by atoms with Crippen LogP contribution in [0.5, 0.6) is 0 Å². The van der Waals surface area contributed by atoms with E-state index in [4.69, 9.17) is 4.74 Å². The second-order valence-corrected chi connectivity index (χ2v) is 6.25. The lowest BCUT2D eigenvalue weighted by Crippen LogP contribution is -2.07. The van der Waals surface area contributed by atoms with E-state index in [1.54, 1.807) is 19.3 Å². The zero-order chi connectivity index (χ0) is 16.1. The number of hydrogen-bond donors (Lipinski definition) is 1. The van der Waals surface area contributed by atoms with Crippen LogP contribution in [0.4, 0.5) is 10.3 Å². The topological polar surface area (TPSA) is 77.0 Å². The van der Waals surface area contributed by atoms with Crippen LogP contribution in [-0.4, -0.2) is 27.5 Å². The molecule has 0 saturated heterocycles. The van der Waals surface area contributed by atoms with Crippen molar-refractivity contribution in [3.63, 3.8) is 0 Å². The van der Waals surface area contributed by atoms with E-state index in [0.717, 1.165) is 16.4 Å². The van der Waals surface area contributed by atoms with Gasteiger partial charge in [0.05, 0.1) is 24.4 Å². The van der Waals surface area contributed by atoms with Gasteiger partial charge in [-0.15, -0.1) is 22.7 Å². The Kier molecular flexibility index (Phi) is 4.94. The SMILES string of the molecule is CCOC(=O)Cc1csc(Nc2nc(-c3cccnc3)cs2)n1. The van der Waals surface area contributed by atoms with Crippen LogP contribution >= 0.6 is 22.7 Å². The summed E-state index contributed by atoms with van der Waals surface area (Å²) >= 11 is 2.93. The molecule has 3 aromatic heterocycles. The molecule has 0 amide bonds. The summed E-state index contributed by atoms with van der Waals surface area (Å²) in [5, 5.41) is 8.42. The number of carbonyl (C=O) groups is 1. The highest BCUT2D eigenvalue weighted by Crippen LogP contribution is 2.28. The minimum Gasteiger partial charge on any atom is -0.466 e. The summed E-state index contributed by atoms with van der Waals surface area (Å²) in [6.07, 6.45) is 3.69. The monoisotopic (exact) mass is 346 g/mol. The average molecular weight is 346 g/mol. The minimum absolute atomic E-state index is 0.185. The minimum atomic E-state index is -0.266. The average Bonchev–Trinajstić information content (AvgIpc) is 3.19. The lowest BCUT2D eigenvalue weighted by Gasteiger charge is -1.98. The van der Waals surface area contributed by atoms with Gasteiger partial charge in [0.2, 0.25) is 0 Å². The molecule has 8 heteroatoms. The van der Waals surface area contributed by atoms with Gasteiger partial charge in [0.15, 0.2) is 10.3 Å². The van der Waals surface area contributed by atoms with Crippen molar-refractivity contribution in [3.8, 4) is 11.3 Å². The Hall–Kier alpha value is -2.32. The summed E-state index contributed by atoms with van der Waals surface area (Å²) in [7, 11) is 0. The van der Waals surface area contributed by atoms with Crippen LogP contribution in [0, 0.1) is 0 Å². The molecule has 23 heavy (non-hydrogen) atoms. The van der Waals surface area contributed by atoms with Gasteiger partial charge in [-0.25, -0.2) is 9.97 Å². The van der Waals surface area contributed by atoms with Crippen molar-refractivity contribution in [2.45, 2.75) is 13.3 Å². The molecule has 0 fully saturated rings. The van der Waals surface area contributed by atoms with Crippen LogP contribution in [0.2, 0.25) is 0 Å². The summed E-state index contributed by atoms with van der Waals surface area (Å²) in [6.45, 7) is 2.17. The van der Waals surface area contributed by atoms with Gasteiger partial charge >= 0.3 is 5.97 Å². The van der Waals surface area contributed by atoms with Crippen LogP contribution in [0.3, 0.4) is 0 Å². The number of esters is 1. The highest BCUT2D eigenvalue weighted by atomic mass is 32.1. The Morgan fingerprint density at radius 2 is 2.09 bits per heavy atom. The first kappa shape index (κ1) is 15.6. The van der Waals surface area contributed by atoms with Crippen molar-refractivity contribution in [1.82, 2.24) is 15.0 Å².